The first kappa shape index (κ1) is 20.9. The lowest BCUT2D eigenvalue weighted by molar-refractivity contribution is 0.0678. The molecule has 1 N–H and O–H groups in total. The number of hydrogen-bond donors (Lipinski definition) is 1. The number of allylic oxidation sites excluding steroid dienone is 2. The second-order valence-corrected chi connectivity index (χ2v) is 11.7. The van der Waals surface area contributed by atoms with Gasteiger partial charge in [-0.25, -0.2) is 0 Å². The van der Waals surface area contributed by atoms with Gasteiger partial charge in [0, 0.05) is 16.7 Å². The third-order valence-corrected chi connectivity index (χ3v) is 10.1. The van der Waals surface area contributed by atoms with Crippen molar-refractivity contribution >= 4 is 0 Å². The van der Waals surface area contributed by atoms with E-state index in [4.69, 9.17) is 0 Å². The van der Waals surface area contributed by atoms with E-state index < -0.39 is 5.60 Å². The summed E-state index contributed by atoms with van der Waals surface area (Å²) in [4.78, 5) is 0. The average Bonchev–Trinajstić information content (AvgIpc) is 2.84. The van der Waals surface area contributed by atoms with E-state index in [2.05, 4.69) is 92.7 Å². The Morgan fingerprint density at radius 3 is 2.14 bits per heavy atom. The number of aliphatic hydroxyl groups is 1. The van der Waals surface area contributed by atoms with Gasteiger partial charge in [0.2, 0.25) is 0 Å². The number of benzene rings is 1. The lowest BCUT2D eigenvalue weighted by Crippen LogP contribution is -2.53. The van der Waals surface area contributed by atoms with Crippen molar-refractivity contribution in [1.29, 1.82) is 0 Å². The van der Waals surface area contributed by atoms with Crippen LogP contribution in [0.1, 0.15) is 97.8 Å². The fraction of sp³-hybridized carbons (Fsp3) is 0.643. The predicted octanol–water partition coefficient (Wildman–Crippen LogP) is 7.12. The molecule has 1 nitrogen and oxygen atoms in total. The Balaban J connectivity index is 2.15. The molecule has 6 atom stereocenters. The largest absolute Gasteiger partial charge is 0.382 e. The van der Waals surface area contributed by atoms with E-state index in [0.29, 0.717) is 17.8 Å². The molecule has 0 aliphatic heterocycles. The summed E-state index contributed by atoms with van der Waals surface area (Å²) in [7, 11) is 0. The number of rotatable bonds is 2. The summed E-state index contributed by atoms with van der Waals surface area (Å²) in [5.41, 5.74) is 6.28. The minimum absolute atomic E-state index is 0.0527. The normalized spacial score (nSPS) is 41.0. The van der Waals surface area contributed by atoms with Crippen molar-refractivity contribution in [3.63, 3.8) is 0 Å². The van der Waals surface area contributed by atoms with Gasteiger partial charge >= 0.3 is 0 Å². The van der Waals surface area contributed by atoms with E-state index in [0.717, 1.165) is 0 Å². The minimum Gasteiger partial charge on any atom is -0.382 e. The van der Waals surface area contributed by atoms with Crippen LogP contribution in [0.25, 0.3) is 0 Å². The third-order valence-electron chi connectivity index (χ3n) is 10.1. The SMILES string of the molecule is CC1C2=C(C3(C)c4c1cccc4C(C)C3C)C(C)(C(C)(C)C(C)C)C=CC2(C)O. The summed E-state index contributed by atoms with van der Waals surface area (Å²) in [6, 6.07) is 6.90. The number of fused-ring (bicyclic) bond motifs is 1. The lowest BCUT2D eigenvalue weighted by atomic mass is 9.45. The summed E-state index contributed by atoms with van der Waals surface area (Å²) >= 11 is 0. The fourth-order valence-corrected chi connectivity index (χ4v) is 7.08. The number of hydrogen-bond acceptors (Lipinski definition) is 1. The van der Waals surface area contributed by atoms with Crippen molar-refractivity contribution in [3.05, 3.63) is 58.2 Å². The molecular formula is C28H40O. The quantitative estimate of drug-likeness (QED) is 0.531. The molecule has 0 saturated heterocycles. The summed E-state index contributed by atoms with van der Waals surface area (Å²) in [5, 5.41) is 11.7. The van der Waals surface area contributed by atoms with Crippen LogP contribution in [-0.2, 0) is 5.41 Å². The maximum absolute atomic E-state index is 11.7. The molecule has 0 bridgehead atoms. The maximum Gasteiger partial charge on any atom is 0.102 e. The van der Waals surface area contributed by atoms with E-state index in [1.54, 1.807) is 5.56 Å². The molecule has 1 heteroatoms. The van der Waals surface area contributed by atoms with Crippen LogP contribution in [-0.4, -0.2) is 10.7 Å². The second-order valence-electron chi connectivity index (χ2n) is 11.7. The first-order valence-corrected chi connectivity index (χ1v) is 11.5. The van der Waals surface area contributed by atoms with E-state index in [1.165, 1.54) is 22.3 Å². The topological polar surface area (TPSA) is 20.2 Å². The van der Waals surface area contributed by atoms with Gasteiger partial charge < -0.3 is 5.11 Å². The van der Waals surface area contributed by atoms with Crippen LogP contribution in [0.3, 0.4) is 0 Å². The summed E-state index contributed by atoms with van der Waals surface area (Å²) in [6.07, 6.45) is 4.45. The van der Waals surface area contributed by atoms with E-state index >= 15 is 0 Å². The highest BCUT2D eigenvalue weighted by molar-refractivity contribution is 5.65. The predicted molar refractivity (Wildman–Crippen MR) is 123 cm³/mol. The van der Waals surface area contributed by atoms with Crippen LogP contribution in [0.5, 0.6) is 0 Å². The van der Waals surface area contributed by atoms with Gasteiger partial charge in [-0.2, -0.15) is 0 Å². The highest BCUT2D eigenvalue weighted by atomic mass is 16.3. The van der Waals surface area contributed by atoms with Crippen molar-refractivity contribution in [2.24, 2.45) is 22.7 Å². The average molecular weight is 393 g/mol. The molecule has 0 fully saturated rings. The second kappa shape index (κ2) is 5.88. The molecule has 6 unspecified atom stereocenters. The van der Waals surface area contributed by atoms with E-state index in [9.17, 15) is 5.11 Å². The van der Waals surface area contributed by atoms with Crippen molar-refractivity contribution < 1.29 is 5.11 Å². The molecule has 158 valence electrons. The van der Waals surface area contributed by atoms with E-state index in [1.807, 2.05) is 6.92 Å². The Bertz CT molecular complexity index is 928. The summed E-state index contributed by atoms with van der Waals surface area (Å²) in [6.45, 7) is 23.6. The van der Waals surface area contributed by atoms with Gasteiger partial charge in [-0.1, -0.05) is 92.7 Å². The van der Waals surface area contributed by atoms with Gasteiger partial charge in [0.1, 0.15) is 5.60 Å². The first-order chi connectivity index (χ1) is 13.2. The monoisotopic (exact) mass is 392 g/mol. The zero-order valence-electron chi connectivity index (χ0n) is 20.1. The van der Waals surface area contributed by atoms with Gasteiger partial charge in [-0.15, -0.1) is 0 Å². The summed E-state index contributed by atoms with van der Waals surface area (Å²) in [5.74, 6) is 1.78. The van der Waals surface area contributed by atoms with Crippen LogP contribution in [0.2, 0.25) is 0 Å². The molecule has 4 rings (SSSR count). The van der Waals surface area contributed by atoms with Gasteiger partial charge in [0.15, 0.2) is 0 Å². The smallest absolute Gasteiger partial charge is 0.102 e. The molecule has 0 radical (unpaired) electrons. The third kappa shape index (κ3) is 2.26. The molecule has 0 spiro atoms. The van der Waals surface area contributed by atoms with Crippen LogP contribution in [0, 0.1) is 22.7 Å². The zero-order chi connectivity index (χ0) is 21.7. The van der Waals surface area contributed by atoms with Crippen LogP contribution < -0.4 is 0 Å². The molecule has 0 heterocycles. The van der Waals surface area contributed by atoms with Gasteiger partial charge in [0.05, 0.1) is 0 Å². The fourth-order valence-electron chi connectivity index (χ4n) is 7.08. The first-order valence-electron chi connectivity index (χ1n) is 11.5. The highest BCUT2D eigenvalue weighted by Crippen LogP contribution is 2.69. The van der Waals surface area contributed by atoms with Crippen LogP contribution in [0.4, 0.5) is 0 Å². The van der Waals surface area contributed by atoms with E-state index in [-0.39, 0.29) is 22.2 Å². The van der Waals surface area contributed by atoms with Crippen molar-refractivity contribution in [3.8, 4) is 0 Å². The molecule has 0 saturated carbocycles. The van der Waals surface area contributed by atoms with Crippen molar-refractivity contribution in [2.45, 2.75) is 92.1 Å². The van der Waals surface area contributed by atoms with Gasteiger partial charge in [-0.3, -0.25) is 0 Å². The Hall–Kier alpha value is -1.34. The van der Waals surface area contributed by atoms with Gasteiger partial charge in [-0.05, 0) is 57.9 Å². The lowest BCUT2D eigenvalue weighted by Gasteiger charge is -2.59. The Labute approximate surface area is 178 Å². The minimum atomic E-state index is -0.899. The summed E-state index contributed by atoms with van der Waals surface area (Å²) < 4.78 is 0. The van der Waals surface area contributed by atoms with Crippen molar-refractivity contribution in [1.82, 2.24) is 0 Å². The molecule has 0 amide bonds. The standard InChI is InChI=1S/C28H40O/c1-16(2)25(6,7)26(8)14-15-27(9,29)22-18(4)21-13-11-12-20-17(3)19(5)28(10,23(20)21)24(22)26/h11-19,29H,1-10H3. The van der Waals surface area contributed by atoms with Crippen LogP contribution in [0.15, 0.2) is 41.5 Å². The highest BCUT2D eigenvalue weighted by Gasteiger charge is 2.61. The molecule has 3 aliphatic rings. The maximum atomic E-state index is 11.7. The molecule has 29 heavy (non-hydrogen) atoms. The molecular weight excluding hydrogens is 352 g/mol. The molecule has 1 aromatic rings. The molecule has 3 aliphatic carbocycles. The Kier molecular flexibility index (Phi) is 4.24. The Morgan fingerprint density at radius 2 is 1.55 bits per heavy atom. The van der Waals surface area contributed by atoms with Gasteiger partial charge in [0.25, 0.3) is 0 Å². The zero-order valence-corrected chi connectivity index (χ0v) is 20.1. The molecule has 0 aromatic heterocycles. The molecule has 1 aromatic carbocycles. The van der Waals surface area contributed by atoms with Crippen molar-refractivity contribution in [2.75, 3.05) is 0 Å². The van der Waals surface area contributed by atoms with Crippen LogP contribution >= 0.6 is 0 Å². The Morgan fingerprint density at radius 1 is 0.966 bits per heavy atom.